The lowest BCUT2D eigenvalue weighted by atomic mass is 10.9. The average molecular weight is 163 g/mol. The van der Waals surface area contributed by atoms with Crippen LogP contribution in [0.25, 0.3) is 0 Å². The monoisotopic (exact) mass is 162 g/mol. The van der Waals surface area contributed by atoms with Gasteiger partial charge in [0, 0.05) is 0 Å². The molecule has 1 rings (SSSR count). The molecule has 0 aliphatic heterocycles. The fraction of sp³-hybridized carbons (Fsp3) is 0. The quantitative estimate of drug-likeness (QED) is 0.368. The van der Waals surface area contributed by atoms with Gasteiger partial charge in [-0.1, -0.05) is 0 Å². The van der Waals surface area contributed by atoms with E-state index in [4.69, 9.17) is 11.6 Å². The summed E-state index contributed by atoms with van der Waals surface area (Å²) in [5, 5.41) is 0. The third-order valence-corrected chi connectivity index (χ3v) is 0.720. The maximum absolute atomic E-state index is 5.18. The Morgan fingerprint density at radius 1 is 1.40 bits per heavy atom. The van der Waals surface area contributed by atoms with E-state index in [9.17, 15) is 0 Å². The minimum Gasteiger partial charge on any atom is -0.368 e. The van der Waals surface area contributed by atoms with Gasteiger partial charge in [0.2, 0.25) is 11.9 Å². The lowest BCUT2D eigenvalue weighted by molar-refractivity contribution is 1.04. The van der Waals surface area contributed by atoms with E-state index in [1.807, 2.05) is 0 Å². The van der Waals surface area contributed by atoms with Crippen LogP contribution in [-0.4, -0.2) is 15.0 Å². The predicted molar refractivity (Wildman–Crippen MR) is 39.3 cm³/mol. The van der Waals surface area contributed by atoms with Gasteiger partial charge in [-0.25, -0.2) is 15.8 Å². The van der Waals surface area contributed by atoms with E-state index in [0.29, 0.717) is 0 Å². The van der Waals surface area contributed by atoms with Gasteiger partial charge in [0.15, 0.2) is 0 Å². The first-order valence-corrected chi connectivity index (χ1v) is 2.24. The third kappa shape index (κ3) is 2.00. The number of halogens is 1. The number of hydrazine groups is 1. The van der Waals surface area contributed by atoms with E-state index in [0.717, 1.165) is 0 Å². The maximum Gasteiger partial charge on any atom is 0.241 e. The van der Waals surface area contributed by atoms with Crippen LogP contribution in [0.15, 0.2) is 6.33 Å². The molecular formula is C3H7ClN6. The molecule has 0 bridgehead atoms. The average Bonchev–Trinajstić information content (AvgIpc) is 1.88. The molecule has 0 unspecified atom stereocenters. The van der Waals surface area contributed by atoms with Gasteiger partial charge >= 0.3 is 0 Å². The molecule has 0 fully saturated rings. The Hall–Kier alpha value is -1.14. The molecule has 0 aliphatic carbocycles. The first-order chi connectivity index (χ1) is 4.33. The highest BCUT2D eigenvalue weighted by Crippen LogP contribution is 1.92. The Labute approximate surface area is 63.4 Å². The van der Waals surface area contributed by atoms with Crippen LogP contribution in [0.5, 0.6) is 0 Å². The summed E-state index contributed by atoms with van der Waals surface area (Å²) in [6, 6.07) is 0. The Morgan fingerprint density at radius 2 is 2.10 bits per heavy atom. The van der Waals surface area contributed by atoms with E-state index in [2.05, 4.69) is 20.4 Å². The zero-order valence-corrected chi connectivity index (χ0v) is 5.80. The van der Waals surface area contributed by atoms with Gasteiger partial charge in [-0.2, -0.15) is 4.98 Å². The van der Waals surface area contributed by atoms with Crippen LogP contribution in [-0.2, 0) is 0 Å². The summed E-state index contributed by atoms with van der Waals surface area (Å²) in [4.78, 5) is 10.8. The molecule has 0 aromatic carbocycles. The molecule has 6 nitrogen and oxygen atoms in total. The van der Waals surface area contributed by atoms with E-state index in [1.165, 1.54) is 6.33 Å². The zero-order valence-electron chi connectivity index (χ0n) is 4.98. The predicted octanol–water partition coefficient (Wildman–Crippen LogP) is -0.839. The highest BCUT2D eigenvalue weighted by atomic mass is 35.5. The number of hydrogen-bond acceptors (Lipinski definition) is 6. The van der Waals surface area contributed by atoms with Crippen LogP contribution in [0.4, 0.5) is 11.9 Å². The molecule has 0 atom stereocenters. The lowest BCUT2D eigenvalue weighted by Gasteiger charge is -1.94. The van der Waals surface area contributed by atoms with Crippen molar-refractivity contribution in [2.75, 3.05) is 11.2 Å². The summed E-state index contributed by atoms with van der Waals surface area (Å²) in [6.07, 6.45) is 1.28. The Balaban J connectivity index is 0.000000810. The molecule has 0 spiro atoms. The molecular weight excluding hydrogens is 156 g/mol. The largest absolute Gasteiger partial charge is 0.368 e. The van der Waals surface area contributed by atoms with Crippen LogP contribution >= 0.6 is 12.4 Å². The van der Waals surface area contributed by atoms with Gasteiger partial charge in [-0.15, -0.1) is 12.4 Å². The van der Waals surface area contributed by atoms with Crippen molar-refractivity contribution >= 4 is 24.3 Å². The molecule has 1 heterocycles. The molecule has 56 valence electrons. The number of nitrogens with one attached hydrogen (secondary N) is 1. The normalized spacial score (nSPS) is 8.10. The lowest BCUT2D eigenvalue weighted by Crippen LogP contribution is -2.11. The topological polar surface area (TPSA) is 103 Å². The molecule has 0 saturated carbocycles. The first kappa shape index (κ1) is 8.86. The van der Waals surface area contributed by atoms with Crippen LogP contribution in [0, 0.1) is 0 Å². The van der Waals surface area contributed by atoms with Crippen LogP contribution < -0.4 is 17.0 Å². The Morgan fingerprint density at radius 3 is 2.50 bits per heavy atom. The van der Waals surface area contributed by atoms with Crippen molar-refractivity contribution < 1.29 is 0 Å². The van der Waals surface area contributed by atoms with E-state index in [-0.39, 0.29) is 24.3 Å². The fourth-order valence-corrected chi connectivity index (χ4v) is 0.378. The number of aromatic nitrogens is 3. The van der Waals surface area contributed by atoms with E-state index < -0.39 is 0 Å². The number of rotatable bonds is 1. The van der Waals surface area contributed by atoms with Crippen LogP contribution in [0.3, 0.4) is 0 Å². The molecule has 0 radical (unpaired) electrons. The van der Waals surface area contributed by atoms with E-state index in [1.54, 1.807) is 0 Å². The van der Waals surface area contributed by atoms with Crippen molar-refractivity contribution in [3.05, 3.63) is 6.33 Å². The molecule has 1 aromatic rings. The number of nitrogen functional groups attached to an aromatic ring is 2. The summed E-state index contributed by atoms with van der Waals surface area (Å²) in [5.41, 5.74) is 7.40. The zero-order chi connectivity index (χ0) is 6.69. The second-order valence-electron chi connectivity index (χ2n) is 1.31. The van der Waals surface area contributed by atoms with Gasteiger partial charge < -0.3 is 5.73 Å². The van der Waals surface area contributed by atoms with Gasteiger partial charge in [-0.3, -0.25) is 5.43 Å². The molecule has 7 heteroatoms. The van der Waals surface area contributed by atoms with Crippen molar-refractivity contribution in [2.45, 2.75) is 0 Å². The molecule has 0 aliphatic rings. The third-order valence-electron chi connectivity index (χ3n) is 0.720. The van der Waals surface area contributed by atoms with E-state index >= 15 is 0 Å². The second-order valence-corrected chi connectivity index (χ2v) is 1.31. The molecule has 10 heavy (non-hydrogen) atoms. The Bertz CT molecular complexity index is 202. The van der Waals surface area contributed by atoms with Gasteiger partial charge in [-0.05, 0) is 0 Å². The first-order valence-electron chi connectivity index (χ1n) is 2.24. The standard InChI is InChI=1S/C3H6N6.ClH/c4-2-6-1-7-3(8-2)9-5;/h1H,5H2,(H3,4,6,7,8,9);1H. The SMILES string of the molecule is Cl.NNc1ncnc(N)n1. The molecule has 0 saturated heterocycles. The molecule has 0 amide bonds. The van der Waals surface area contributed by atoms with Crippen molar-refractivity contribution in [1.29, 1.82) is 0 Å². The highest BCUT2D eigenvalue weighted by molar-refractivity contribution is 5.85. The van der Waals surface area contributed by atoms with Crippen molar-refractivity contribution in [3.63, 3.8) is 0 Å². The minimum absolute atomic E-state index is 0. The number of anilines is 2. The summed E-state index contributed by atoms with van der Waals surface area (Å²) in [6.45, 7) is 0. The van der Waals surface area contributed by atoms with Gasteiger partial charge in [0.05, 0.1) is 0 Å². The summed E-state index contributed by atoms with van der Waals surface area (Å²) in [7, 11) is 0. The van der Waals surface area contributed by atoms with Crippen molar-refractivity contribution in [1.82, 2.24) is 15.0 Å². The smallest absolute Gasteiger partial charge is 0.241 e. The highest BCUT2D eigenvalue weighted by Gasteiger charge is 1.90. The molecule has 1 aromatic heterocycles. The van der Waals surface area contributed by atoms with Crippen LogP contribution in [0.1, 0.15) is 0 Å². The Kier molecular flexibility index (Phi) is 3.37. The number of hydrogen-bond donors (Lipinski definition) is 3. The van der Waals surface area contributed by atoms with Gasteiger partial charge in [0.1, 0.15) is 6.33 Å². The van der Waals surface area contributed by atoms with Crippen LogP contribution in [0.2, 0.25) is 0 Å². The second kappa shape index (κ2) is 3.80. The number of nitrogens with two attached hydrogens (primary N) is 2. The van der Waals surface area contributed by atoms with Crippen molar-refractivity contribution in [2.24, 2.45) is 5.84 Å². The summed E-state index contributed by atoms with van der Waals surface area (Å²) < 4.78 is 0. The number of nitrogens with zero attached hydrogens (tertiary/aromatic N) is 3. The van der Waals surface area contributed by atoms with Crippen molar-refractivity contribution in [3.8, 4) is 0 Å². The summed E-state index contributed by atoms with van der Waals surface area (Å²) in [5.74, 6) is 5.38. The summed E-state index contributed by atoms with van der Waals surface area (Å²) >= 11 is 0. The van der Waals surface area contributed by atoms with Gasteiger partial charge in [0.25, 0.3) is 0 Å². The molecule has 5 N–H and O–H groups in total. The maximum atomic E-state index is 5.18. The fourth-order valence-electron chi connectivity index (χ4n) is 0.378. The minimum atomic E-state index is 0.